The molecule has 0 atom stereocenters. The summed E-state index contributed by atoms with van der Waals surface area (Å²) in [5.41, 5.74) is 0.164. The van der Waals surface area contributed by atoms with Crippen molar-refractivity contribution in [2.75, 3.05) is 12.4 Å². The molecule has 9 heteroatoms. The van der Waals surface area contributed by atoms with Gasteiger partial charge >= 0.3 is 17.8 Å². The Balaban J connectivity index is 2.65. The van der Waals surface area contributed by atoms with Gasteiger partial charge < -0.3 is 0 Å². The number of halogens is 7. The van der Waals surface area contributed by atoms with E-state index >= 15 is 0 Å². The predicted octanol–water partition coefficient (Wildman–Crippen LogP) is 4.83. The van der Waals surface area contributed by atoms with E-state index in [4.69, 9.17) is 0 Å². The monoisotopic (exact) mass is 348 g/mol. The lowest BCUT2D eigenvalue weighted by Gasteiger charge is -2.31. The number of hydrogen-bond donors (Lipinski definition) is 0. The van der Waals surface area contributed by atoms with Gasteiger partial charge in [-0.3, -0.25) is 4.79 Å². The summed E-state index contributed by atoms with van der Waals surface area (Å²) < 4.78 is 89.5. The fourth-order valence-corrected chi connectivity index (χ4v) is 2.28. The molecule has 1 nitrogen and oxygen atoms in total. The lowest BCUT2D eigenvalue weighted by molar-refractivity contribution is -0.311. The molecule has 1 aromatic carbocycles. The maximum Gasteiger partial charge on any atom is 0.374 e. The van der Waals surface area contributed by atoms with Gasteiger partial charge in [-0.1, -0.05) is 42.1 Å². The fraction of sp³-hybridized carbons (Fsp3) is 0.462. The molecule has 0 unspecified atom stereocenters. The van der Waals surface area contributed by atoms with Gasteiger partial charge in [0.05, 0.1) is 0 Å². The Kier molecular flexibility index (Phi) is 5.89. The quantitative estimate of drug-likeness (QED) is 0.657. The molecule has 0 amide bonds. The highest BCUT2D eigenvalue weighted by molar-refractivity contribution is 8.14. The molecule has 124 valence electrons. The lowest BCUT2D eigenvalue weighted by Crippen LogP contribution is -2.55. The number of alkyl halides is 7. The van der Waals surface area contributed by atoms with Gasteiger partial charge in [-0.25, -0.2) is 4.39 Å². The second-order valence-electron chi connectivity index (χ2n) is 4.37. The molecule has 0 saturated heterocycles. The van der Waals surface area contributed by atoms with Gasteiger partial charge in [-0.2, -0.15) is 26.3 Å². The molecule has 0 saturated carbocycles. The van der Waals surface area contributed by atoms with Gasteiger partial charge in [0.15, 0.2) is 6.67 Å². The van der Waals surface area contributed by atoms with E-state index < -0.39 is 41.7 Å². The van der Waals surface area contributed by atoms with Crippen molar-refractivity contribution in [3.8, 4) is 0 Å². The highest BCUT2D eigenvalue weighted by Gasteiger charge is 2.70. The zero-order valence-corrected chi connectivity index (χ0v) is 11.8. The number of hydrogen-bond acceptors (Lipinski definition) is 2. The number of carbonyl (C=O) groups is 1. The largest absolute Gasteiger partial charge is 0.374 e. The molecule has 0 aliphatic carbocycles. The van der Waals surface area contributed by atoms with E-state index in [-0.39, 0.29) is 5.56 Å². The highest BCUT2D eigenvalue weighted by atomic mass is 32.2. The first-order chi connectivity index (χ1) is 10.0. The first-order valence-corrected chi connectivity index (χ1v) is 6.95. The third-order valence-corrected chi connectivity index (χ3v) is 3.65. The van der Waals surface area contributed by atoms with Gasteiger partial charge in [-0.15, -0.1) is 0 Å². The molecule has 0 N–H and O–H groups in total. The van der Waals surface area contributed by atoms with E-state index in [9.17, 15) is 35.5 Å². The average Bonchev–Trinajstić information content (AvgIpc) is 2.47. The van der Waals surface area contributed by atoms with Gasteiger partial charge in [0.2, 0.25) is 5.12 Å². The van der Waals surface area contributed by atoms with Crippen molar-refractivity contribution in [3.63, 3.8) is 0 Å². The molecule has 0 spiro atoms. The topological polar surface area (TPSA) is 17.1 Å². The third-order valence-electron chi connectivity index (χ3n) is 2.75. The van der Waals surface area contributed by atoms with Crippen LogP contribution in [0.3, 0.4) is 0 Å². The summed E-state index contributed by atoms with van der Waals surface area (Å²) in [6, 6.07) is 7.41. The van der Waals surface area contributed by atoms with Gasteiger partial charge in [0.25, 0.3) is 0 Å². The van der Waals surface area contributed by atoms with Crippen molar-refractivity contribution in [3.05, 3.63) is 35.9 Å². The van der Waals surface area contributed by atoms with E-state index in [2.05, 4.69) is 0 Å². The van der Waals surface area contributed by atoms with Gasteiger partial charge in [0.1, 0.15) is 0 Å². The molecule has 0 fully saturated rings. The third kappa shape index (κ3) is 3.93. The standard InChI is InChI=1S/C13H11F7OS/c14-8-12(17,18)13(19,20)11(15,16)6-7-22-10(21)9-4-2-1-3-5-9/h1-5H,6-8H2. The van der Waals surface area contributed by atoms with Crippen molar-refractivity contribution in [2.24, 2.45) is 0 Å². The van der Waals surface area contributed by atoms with Crippen LogP contribution in [0.4, 0.5) is 30.7 Å². The normalized spacial score (nSPS) is 13.2. The maximum absolute atomic E-state index is 13.2. The molecule has 0 aromatic heterocycles. The minimum atomic E-state index is -5.83. The van der Waals surface area contributed by atoms with Crippen molar-refractivity contribution < 1.29 is 35.5 Å². The summed E-state index contributed by atoms with van der Waals surface area (Å²) in [5, 5.41) is -0.656. The molecular formula is C13H11F7OS. The predicted molar refractivity (Wildman–Crippen MR) is 68.7 cm³/mol. The summed E-state index contributed by atoms with van der Waals surface area (Å²) >= 11 is 0.300. The van der Waals surface area contributed by atoms with Crippen LogP contribution in [-0.4, -0.2) is 35.3 Å². The Labute approximate surface area is 125 Å². The van der Waals surface area contributed by atoms with Crippen molar-refractivity contribution in [2.45, 2.75) is 24.2 Å². The second-order valence-corrected chi connectivity index (χ2v) is 5.44. The molecule has 0 aliphatic rings. The molecule has 1 rings (SSSR count). The number of rotatable bonds is 7. The first kappa shape index (κ1) is 18.8. The van der Waals surface area contributed by atoms with Crippen LogP contribution in [-0.2, 0) is 0 Å². The molecule has 1 aromatic rings. The van der Waals surface area contributed by atoms with Crippen LogP contribution < -0.4 is 0 Å². The van der Waals surface area contributed by atoms with E-state index in [0.29, 0.717) is 11.8 Å². The van der Waals surface area contributed by atoms with E-state index in [1.165, 1.54) is 24.3 Å². The van der Waals surface area contributed by atoms with E-state index in [0.717, 1.165) is 0 Å². The van der Waals surface area contributed by atoms with Crippen molar-refractivity contribution in [1.82, 2.24) is 0 Å². The van der Waals surface area contributed by atoms with Crippen LogP contribution in [0.25, 0.3) is 0 Å². The van der Waals surface area contributed by atoms with Crippen molar-refractivity contribution >= 4 is 16.9 Å². The van der Waals surface area contributed by atoms with Crippen LogP contribution in [0, 0.1) is 0 Å². The van der Waals surface area contributed by atoms with Gasteiger partial charge in [0, 0.05) is 17.7 Å². The summed E-state index contributed by atoms with van der Waals surface area (Å²) in [6.45, 7) is -2.90. The van der Waals surface area contributed by atoms with Crippen LogP contribution in [0.1, 0.15) is 16.8 Å². The SMILES string of the molecule is O=C(SCCC(F)(F)C(F)(F)C(F)(F)CF)c1ccccc1. The van der Waals surface area contributed by atoms with Crippen LogP contribution in [0.15, 0.2) is 30.3 Å². The molecule has 0 bridgehead atoms. The Hall–Kier alpha value is -1.25. The number of benzene rings is 1. The van der Waals surface area contributed by atoms with E-state index in [1.807, 2.05) is 0 Å². The van der Waals surface area contributed by atoms with Crippen LogP contribution in [0.5, 0.6) is 0 Å². The average molecular weight is 348 g/mol. The summed E-state index contributed by atoms with van der Waals surface area (Å²) in [5.74, 6) is -17.2. The summed E-state index contributed by atoms with van der Waals surface area (Å²) in [7, 11) is 0. The second kappa shape index (κ2) is 6.89. The molecule has 22 heavy (non-hydrogen) atoms. The Morgan fingerprint density at radius 1 is 0.955 bits per heavy atom. The van der Waals surface area contributed by atoms with Crippen LogP contribution in [0.2, 0.25) is 0 Å². The number of carbonyl (C=O) groups excluding carboxylic acids is 1. The Bertz CT molecular complexity index is 504. The van der Waals surface area contributed by atoms with E-state index in [1.54, 1.807) is 6.07 Å². The van der Waals surface area contributed by atoms with Crippen molar-refractivity contribution in [1.29, 1.82) is 0 Å². The minimum absolute atomic E-state index is 0.164. The summed E-state index contributed by atoms with van der Waals surface area (Å²) in [6.07, 6.45) is -1.68. The molecule has 0 heterocycles. The zero-order valence-electron chi connectivity index (χ0n) is 11.0. The smallest absolute Gasteiger partial charge is 0.282 e. The minimum Gasteiger partial charge on any atom is -0.282 e. The highest BCUT2D eigenvalue weighted by Crippen LogP contribution is 2.47. The molecule has 0 aliphatic heterocycles. The lowest BCUT2D eigenvalue weighted by atomic mass is 10.0. The Morgan fingerprint density at radius 3 is 2.00 bits per heavy atom. The zero-order chi connectivity index (χ0) is 17.0. The maximum atomic E-state index is 13.2. The summed E-state index contributed by atoms with van der Waals surface area (Å²) in [4.78, 5) is 11.6. The fourth-order valence-electron chi connectivity index (χ4n) is 1.44. The van der Waals surface area contributed by atoms with Gasteiger partial charge in [-0.05, 0) is 0 Å². The number of thioether (sulfide) groups is 1. The first-order valence-electron chi connectivity index (χ1n) is 5.97. The molecule has 0 radical (unpaired) electrons. The molecular weight excluding hydrogens is 337 g/mol. The Morgan fingerprint density at radius 2 is 1.50 bits per heavy atom. The van der Waals surface area contributed by atoms with Crippen LogP contribution >= 0.6 is 11.8 Å².